The van der Waals surface area contributed by atoms with Crippen molar-refractivity contribution in [3.8, 4) is 0 Å². The van der Waals surface area contributed by atoms with E-state index in [0.717, 1.165) is 46.2 Å². The van der Waals surface area contributed by atoms with Crippen LogP contribution in [-0.2, 0) is 14.5 Å². The summed E-state index contributed by atoms with van der Waals surface area (Å²) >= 11 is 1.14. The Morgan fingerprint density at radius 1 is 1.11 bits per heavy atom. The maximum Gasteiger partial charge on any atom is 0.365 e. The fourth-order valence-electron chi connectivity index (χ4n) is 3.63. The van der Waals surface area contributed by atoms with Crippen LogP contribution in [0.2, 0.25) is 0 Å². The van der Waals surface area contributed by atoms with Gasteiger partial charge < -0.3 is 4.84 Å². The summed E-state index contributed by atoms with van der Waals surface area (Å²) in [4.78, 5) is 22.8. The number of carbonyl (C=O) groups is 1. The number of rotatable bonds is 8. The van der Waals surface area contributed by atoms with Crippen LogP contribution in [0.3, 0.4) is 0 Å². The number of hydroxylamine groups is 2. The molecule has 3 aromatic carbocycles. The number of hydrazone groups is 1. The van der Waals surface area contributed by atoms with Crippen LogP contribution in [0.4, 0.5) is 13.6 Å². The van der Waals surface area contributed by atoms with Crippen molar-refractivity contribution in [1.29, 1.82) is 0 Å². The molecule has 0 saturated carbocycles. The Balaban J connectivity index is 1.69. The van der Waals surface area contributed by atoms with Gasteiger partial charge in [-0.3, -0.25) is 4.84 Å². The van der Waals surface area contributed by atoms with Gasteiger partial charge in [0.1, 0.15) is 28.2 Å². The minimum absolute atomic E-state index is 0.0429. The molecule has 3 aromatic rings. The molecule has 0 aliphatic carbocycles. The van der Waals surface area contributed by atoms with Crippen molar-refractivity contribution in [1.82, 2.24) is 10.1 Å². The zero-order chi connectivity index (χ0) is 25.5. The molecule has 1 aliphatic rings. The first-order valence-electron chi connectivity index (χ1n) is 11.1. The molecule has 0 fully saturated rings. The third-order valence-electron chi connectivity index (χ3n) is 5.51. The lowest BCUT2D eigenvalue weighted by atomic mass is 10.0. The van der Waals surface area contributed by atoms with Crippen LogP contribution in [0.5, 0.6) is 0 Å². The minimum Gasteiger partial charge on any atom is -0.396 e. The Kier molecular flexibility index (Phi) is 7.97. The van der Waals surface area contributed by atoms with Crippen molar-refractivity contribution in [2.24, 2.45) is 10.3 Å². The lowest BCUT2D eigenvalue weighted by molar-refractivity contribution is -0.0812. The number of thioether (sulfide) groups is 1. The fourth-order valence-corrected chi connectivity index (χ4v) is 4.98. The van der Waals surface area contributed by atoms with E-state index < -0.39 is 22.5 Å². The predicted molar refractivity (Wildman–Crippen MR) is 135 cm³/mol. The molecule has 10 heteroatoms. The standard InChI is InChI=1S/C26H24F2N4O3S/c1-31(34-2)25(33)32-26(20-11-7-4-8-12-20,15-16-35-29-18-19-9-5-3-6-10-19)36-24(30-32)22-17-21(27)13-14-23(22)28/h3-14,17-18H,15-16H2,1-2H3. The minimum atomic E-state index is -1.14. The van der Waals surface area contributed by atoms with E-state index in [1.807, 2.05) is 60.7 Å². The fraction of sp³-hybridized carbons (Fsp3) is 0.192. The Bertz CT molecular complexity index is 1260. The monoisotopic (exact) mass is 510 g/mol. The van der Waals surface area contributed by atoms with Crippen LogP contribution in [0.25, 0.3) is 0 Å². The molecule has 1 unspecified atom stereocenters. The Labute approximate surface area is 211 Å². The summed E-state index contributed by atoms with van der Waals surface area (Å²) in [6.07, 6.45) is 1.82. The summed E-state index contributed by atoms with van der Waals surface area (Å²) in [6.45, 7) is 0.111. The van der Waals surface area contributed by atoms with Gasteiger partial charge in [-0.25, -0.2) is 18.6 Å². The summed E-state index contributed by atoms with van der Waals surface area (Å²) in [5.74, 6) is -1.26. The van der Waals surface area contributed by atoms with E-state index in [9.17, 15) is 13.6 Å². The van der Waals surface area contributed by atoms with E-state index in [2.05, 4.69) is 10.3 Å². The van der Waals surface area contributed by atoms with E-state index in [1.165, 1.54) is 19.2 Å². The van der Waals surface area contributed by atoms with Crippen molar-refractivity contribution >= 4 is 29.1 Å². The average Bonchev–Trinajstić information content (AvgIpc) is 3.30. The summed E-state index contributed by atoms with van der Waals surface area (Å²) in [5, 5.41) is 10.9. The lowest BCUT2D eigenvalue weighted by Crippen LogP contribution is -2.47. The molecule has 0 spiro atoms. The van der Waals surface area contributed by atoms with Gasteiger partial charge >= 0.3 is 6.03 Å². The Morgan fingerprint density at radius 3 is 2.50 bits per heavy atom. The first-order valence-corrected chi connectivity index (χ1v) is 11.9. The molecule has 2 amide bonds. The number of nitrogens with zero attached hydrogens (tertiary/aromatic N) is 4. The molecular weight excluding hydrogens is 486 g/mol. The SMILES string of the molecule is CON(C)C(=O)N1N=C(c2cc(F)ccc2F)SC1(CCON=Cc1ccccc1)c1ccccc1. The lowest BCUT2D eigenvalue weighted by Gasteiger charge is -2.36. The molecule has 0 bridgehead atoms. The number of halogens is 2. The van der Waals surface area contributed by atoms with Crippen LogP contribution in [0.1, 0.15) is 23.1 Å². The van der Waals surface area contributed by atoms with Gasteiger partial charge in [0.2, 0.25) is 0 Å². The van der Waals surface area contributed by atoms with Crippen LogP contribution in [-0.4, -0.2) is 48.1 Å². The third kappa shape index (κ3) is 5.39. The Morgan fingerprint density at radius 2 is 1.81 bits per heavy atom. The highest BCUT2D eigenvalue weighted by Gasteiger charge is 2.50. The maximum atomic E-state index is 14.7. The number of hydrogen-bond donors (Lipinski definition) is 0. The smallest absolute Gasteiger partial charge is 0.365 e. The van der Waals surface area contributed by atoms with Gasteiger partial charge in [0.25, 0.3) is 0 Å². The van der Waals surface area contributed by atoms with Gasteiger partial charge in [-0.05, 0) is 29.3 Å². The predicted octanol–water partition coefficient (Wildman–Crippen LogP) is 5.58. The second-order valence-electron chi connectivity index (χ2n) is 7.78. The largest absolute Gasteiger partial charge is 0.396 e. The number of hydrogen-bond acceptors (Lipinski definition) is 6. The van der Waals surface area contributed by atoms with Gasteiger partial charge in [-0.15, -0.1) is 0 Å². The van der Waals surface area contributed by atoms with Crippen molar-refractivity contribution < 1.29 is 23.3 Å². The van der Waals surface area contributed by atoms with Crippen LogP contribution < -0.4 is 0 Å². The first-order chi connectivity index (χ1) is 17.4. The van der Waals surface area contributed by atoms with E-state index >= 15 is 0 Å². The molecule has 1 heterocycles. The topological polar surface area (TPSA) is 66.7 Å². The summed E-state index contributed by atoms with van der Waals surface area (Å²) in [5.41, 5.74) is 1.55. The molecule has 0 N–H and O–H groups in total. The normalized spacial score (nSPS) is 17.3. The van der Waals surface area contributed by atoms with Crippen LogP contribution in [0.15, 0.2) is 89.1 Å². The van der Waals surface area contributed by atoms with Gasteiger partial charge in [0.05, 0.1) is 13.3 Å². The van der Waals surface area contributed by atoms with Crippen LogP contribution in [0, 0.1) is 11.6 Å². The van der Waals surface area contributed by atoms with Gasteiger partial charge in [0, 0.05) is 19.0 Å². The van der Waals surface area contributed by atoms with Crippen LogP contribution >= 0.6 is 11.8 Å². The molecule has 186 valence electrons. The second-order valence-corrected chi connectivity index (χ2v) is 9.05. The molecule has 0 aromatic heterocycles. The molecule has 1 aliphatic heterocycles. The van der Waals surface area contributed by atoms with Gasteiger partial charge in [-0.2, -0.15) is 10.1 Å². The number of amides is 2. The van der Waals surface area contributed by atoms with Gasteiger partial charge in [0.15, 0.2) is 0 Å². The average molecular weight is 511 g/mol. The van der Waals surface area contributed by atoms with Crippen molar-refractivity contribution in [3.05, 3.63) is 107 Å². The molecule has 4 rings (SSSR count). The first kappa shape index (κ1) is 25.3. The quantitative estimate of drug-likeness (QED) is 0.225. The van der Waals surface area contributed by atoms with E-state index in [0.29, 0.717) is 0 Å². The number of urea groups is 1. The van der Waals surface area contributed by atoms with Gasteiger partial charge in [-0.1, -0.05) is 77.6 Å². The summed E-state index contributed by atoms with van der Waals surface area (Å²) in [6, 6.07) is 21.2. The second kappa shape index (κ2) is 11.3. The molecule has 1 atom stereocenters. The van der Waals surface area contributed by atoms with Crippen molar-refractivity contribution in [2.45, 2.75) is 11.3 Å². The number of oxime groups is 1. The number of benzene rings is 3. The van der Waals surface area contributed by atoms with E-state index in [1.54, 1.807) is 6.21 Å². The number of carbonyl (C=O) groups excluding carboxylic acids is 1. The van der Waals surface area contributed by atoms with E-state index in [-0.39, 0.29) is 23.6 Å². The van der Waals surface area contributed by atoms with E-state index in [4.69, 9.17) is 9.68 Å². The molecule has 36 heavy (non-hydrogen) atoms. The Hall–Kier alpha value is -3.76. The third-order valence-corrected chi connectivity index (χ3v) is 6.96. The molecule has 7 nitrogen and oxygen atoms in total. The molecule has 0 radical (unpaired) electrons. The highest BCUT2D eigenvalue weighted by Crippen LogP contribution is 2.50. The zero-order valence-corrected chi connectivity index (χ0v) is 20.5. The highest BCUT2D eigenvalue weighted by molar-refractivity contribution is 8.15. The van der Waals surface area contributed by atoms with Crippen molar-refractivity contribution in [3.63, 3.8) is 0 Å². The highest BCUT2D eigenvalue weighted by atomic mass is 32.2. The summed E-state index contributed by atoms with van der Waals surface area (Å²) < 4.78 is 28.7. The maximum absolute atomic E-state index is 14.7. The van der Waals surface area contributed by atoms with Crippen molar-refractivity contribution in [2.75, 3.05) is 20.8 Å². The molecule has 0 saturated heterocycles. The molecular formula is C26H24F2N4O3S. The summed E-state index contributed by atoms with van der Waals surface area (Å²) in [7, 11) is 2.79. The zero-order valence-electron chi connectivity index (χ0n) is 19.7.